The lowest BCUT2D eigenvalue weighted by molar-refractivity contribution is -0.193. The summed E-state index contributed by atoms with van der Waals surface area (Å²) in [6.45, 7) is 1.45. The maximum atomic E-state index is 11.7. The minimum Gasteiger partial charge on any atom is -0.481 e. The first-order valence-electron chi connectivity index (χ1n) is 15.6. The quantitative estimate of drug-likeness (QED) is 0.362. The second kappa shape index (κ2) is 11.9. The van der Waals surface area contributed by atoms with E-state index in [1.165, 1.54) is 38.5 Å². The highest BCUT2D eigenvalue weighted by Gasteiger charge is 2.51. The van der Waals surface area contributed by atoms with Gasteiger partial charge in [-0.05, 0) is 107 Å². The lowest BCUT2D eigenvalue weighted by atomic mass is 9.48. The standard InChI is InChI=1S/C31H48O7/c32-26-15-27(38-30-6-2-4-10-36-30)24(25(26)14-28(33)34)8-7-23(37-29-5-1-3-9-35-29)19-31-16-20-11-21(17-31)13-22(12-20)18-31/h7-8,20-27,29-30,32H,1-6,9-19H2,(H,33,34). The van der Waals surface area contributed by atoms with E-state index in [-0.39, 0.29) is 43.0 Å². The van der Waals surface area contributed by atoms with E-state index in [2.05, 4.69) is 12.2 Å². The molecule has 214 valence electrons. The highest BCUT2D eigenvalue weighted by molar-refractivity contribution is 5.67. The van der Waals surface area contributed by atoms with Crippen molar-refractivity contribution in [1.29, 1.82) is 0 Å². The van der Waals surface area contributed by atoms with Crippen LogP contribution in [0.4, 0.5) is 0 Å². The van der Waals surface area contributed by atoms with Gasteiger partial charge in [0, 0.05) is 31.5 Å². The van der Waals surface area contributed by atoms with Crippen molar-refractivity contribution in [1.82, 2.24) is 0 Å². The van der Waals surface area contributed by atoms with Gasteiger partial charge in [0.15, 0.2) is 12.6 Å². The number of rotatable bonds is 10. The van der Waals surface area contributed by atoms with E-state index in [0.29, 0.717) is 18.4 Å². The zero-order valence-corrected chi connectivity index (χ0v) is 22.9. The third-order valence-electron chi connectivity index (χ3n) is 10.6. The molecule has 7 heteroatoms. The Morgan fingerprint density at radius 2 is 1.55 bits per heavy atom. The summed E-state index contributed by atoms with van der Waals surface area (Å²) in [5.41, 5.74) is 0.361. The van der Waals surface area contributed by atoms with E-state index < -0.39 is 12.1 Å². The zero-order chi connectivity index (χ0) is 26.1. The van der Waals surface area contributed by atoms with Crippen molar-refractivity contribution >= 4 is 5.97 Å². The number of hydrogen-bond donors (Lipinski definition) is 2. The summed E-state index contributed by atoms with van der Waals surface area (Å²) >= 11 is 0. The molecule has 7 unspecified atom stereocenters. The van der Waals surface area contributed by atoms with Gasteiger partial charge < -0.3 is 29.2 Å². The molecule has 7 atom stereocenters. The molecule has 5 saturated carbocycles. The smallest absolute Gasteiger partial charge is 0.303 e. The van der Waals surface area contributed by atoms with Crippen LogP contribution in [0.25, 0.3) is 0 Å². The maximum Gasteiger partial charge on any atom is 0.303 e. The number of aliphatic hydroxyl groups is 1. The number of carbonyl (C=O) groups is 1. The molecule has 7 rings (SSSR count). The van der Waals surface area contributed by atoms with Crippen molar-refractivity contribution in [2.24, 2.45) is 35.0 Å². The molecular formula is C31H48O7. The molecule has 0 aromatic heterocycles. The summed E-state index contributed by atoms with van der Waals surface area (Å²) in [5, 5.41) is 20.5. The first-order chi connectivity index (χ1) is 18.4. The van der Waals surface area contributed by atoms with Crippen molar-refractivity contribution in [3.8, 4) is 0 Å². The van der Waals surface area contributed by atoms with E-state index >= 15 is 0 Å². The van der Waals surface area contributed by atoms with Gasteiger partial charge >= 0.3 is 5.97 Å². The monoisotopic (exact) mass is 532 g/mol. The third kappa shape index (κ3) is 6.33. The first kappa shape index (κ1) is 27.2. The summed E-state index contributed by atoms with van der Waals surface area (Å²) in [5.74, 6) is 1.23. The number of carboxylic acid groups (broad SMARTS) is 1. The minimum atomic E-state index is -0.876. The van der Waals surface area contributed by atoms with Crippen molar-refractivity contribution in [3.05, 3.63) is 12.2 Å². The van der Waals surface area contributed by atoms with Gasteiger partial charge in [-0.3, -0.25) is 4.79 Å². The van der Waals surface area contributed by atoms with Crippen LogP contribution in [-0.2, 0) is 23.7 Å². The summed E-state index contributed by atoms with van der Waals surface area (Å²) in [4.78, 5) is 11.7. The SMILES string of the molecule is O=C(O)CC1C(O)CC(OC2CCCCO2)C1C=CC(CC12CC3CC(CC(C3)C1)C2)OC1CCCCO1. The Hall–Kier alpha value is -0.990. The van der Waals surface area contributed by atoms with Gasteiger partial charge in [-0.1, -0.05) is 12.2 Å². The molecule has 2 N–H and O–H groups in total. The highest BCUT2D eigenvalue weighted by atomic mass is 16.7. The van der Waals surface area contributed by atoms with E-state index in [0.717, 1.165) is 69.3 Å². The molecule has 4 bridgehead atoms. The number of aliphatic carboxylic acids is 1. The normalized spacial score (nSPS) is 45.6. The number of hydrogen-bond acceptors (Lipinski definition) is 6. The van der Waals surface area contributed by atoms with Crippen LogP contribution in [-0.4, -0.2) is 60.3 Å². The van der Waals surface area contributed by atoms with Crippen LogP contribution in [0.3, 0.4) is 0 Å². The van der Waals surface area contributed by atoms with Crippen LogP contribution in [0.15, 0.2) is 12.2 Å². The first-order valence-corrected chi connectivity index (χ1v) is 15.6. The Balaban J connectivity index is 1.20. The molecule has 7 aliphatic rings. The molecule has 0 amide bonds. The van der Waals surface area contributed by atoms with Gasteiger partial charge in [0.25, 0.3) is 0 Å². The van der Waals surface area contributed by atoms with Crippen LogP contribution < -0.4 is 0 Å². The largest absolute Gasteiger partial charge is 0.481 e. The molecule has 7 nitrogen and oxygen atoms in total. The van der Waals surface area contributed by atoms with Gasteiger partial charge in [0.05, 0.1) is 24.7 Å². The molecule has 7 fully saturated rings. The molecule has 5 aliphatic carbocycles. The number of ether oxygens (including phenoxy) is 4. The molecule has 0 aromatic rings. The summed E-state index contributed by atoms with van der Waals surface area (Å²) < 4.78 is 24.9. The minimum absolute atomic E-state index is 0.0617. The number of carboxylic acids is 1. The Kier molecular flexibility index (Phi) is 8.49. The molecule has 2 saturated heterocycles. The molecule has 2 aliphatic heterocycles. The van der Waals surface area contributed by atoms with Crippen molar-refractivity contribution in [3.63, 3.8) is 0 Å². The Bertz CT molecular complexity index is 795. The number of aliphatic hydroxyl groups excluding tert-OH is 1. The average molecular weight is 533 g/mol. The van der Waals surface area contributed by atoms with Crippen LogP contribution in [0.1, 0.15) is 96.3 Å². The summed E-state index contributed by atoms with van der Waals surface area (Å²) in [6.07, 6.45) is 18.6. The van der Waals surface area contributed by atoms with Gasteiger partial charge in [-0.15, -0.1) is 0 Å². The summed E-state index contributed by atoms with van der Waals surface area (Å²) in [7, 11) is 0. The zero-order valence-electron chi connectivity index (χ0n) is 22.9. The van der Waals surface area contributed by atoms with Gasteiger partial charge in [0.1, 0.15) is 0 Å². The third-order valence-corrected chi connectivity index (χ3v) is 10.6. The van der Waals surface area contributed by atoms with E-state index in [9.17, 15) is 15.0 Å². The predicted octanol–water partition coefficient (Wildman–Crippen LogP) is 5.44. The Labute approximate surface area is 227 Å². The van der Waals surface area contributed by atoms with Gasteiger partial charge in [0.2, 0.25) is 0 Å². The second-order valence-electron chi connectivity index (χ2n) is 13.6. The van der Waals surface area contributed by atoms with Crippen LogP contribution in [0, 0.1) is 35.0 Å². The highest BCUT2D eigenvalue weighted by Crippen LogP contribution is 2.62. The molecule has 0 radical (unpaired) electrons. The van der Waals surface area contributed by atoms with Gasteiger partial charge in [-0.25, -0.2) is 0 Å². The molecule has 0 spiro atoms. The van der Waals surface area contributed by atoms with Gasteiger partial charge in [-0.2, -0.15) is 0 Å². The second-order valence-corrected chi connectivity index (χ2v) is 13.6. The lowest BCUT2D eigenvalue weighted by Crippen LogP contribution is -2.47. The van der Waals surface area contributed by atoms with Crippen LogP contribution in [0.2, 0.25) is 0 Å². The van der Waals surface area contributed by atoms with E-state index in [1.807, 2.05) is 0 Å². The van der Waals surface area contributed by atoms with Crippen molar-refractivity contribution in [2.75, 3.05) is 13.2 Å². The molecule has 2 heterocycles. The maximum absolute atomic E-state index is 11.7. The van der Waals surface area contributed by atoms with E-state index in [4.69, 9.17) is 18.9 Å². The fourth-order valence-electron chi connectivity index (χ4n) is 9.40. The predicted molar refractivity (Wildman–Crippen MR) is 141 cm³/mol. The van der Waals surface area contributed by atoms with E-state index in [1.54, 1.807) is 0 Å². The van der Waals surface area contributed by atoms with Crippen molar-refractivity contribution in [2.45, 2.75) is 127 Å². The lowest BCUT2D eigenvalue weighted by Gasteiger charge is -2.57. The molecule has 0 aromatic carbocycles. The fourth-order valence-corrected chi connectivity index (χ4v) is 9.40. The molecular weight excluding hydrogens is 484 g/mol. The Morgan fingerprint density at radius 1 is 0.921 bits per heavy atom. The average Bonchev–Trinajstić information content (AvgIpc) is 3.15. The summed E-state index contributed by atoms with van der Waals surface area (Å²) in [6, 6.07) is 0. The van der Waals surface area contributed by atoms with Crippen LogP contribution >= 0.6 is 0 Å². The fraction of sp³-hybridized carbons (Fsp3) is 0.903. The van der Waals surface area contributed by atoms with Crippen molar-refractivity contribution < 1.29 is 34.0 Å². The molecule has 38 heavy (non-hydrogen) atoms. The van der Waals surface area contributed by atoms with Crippen LogP contribution in [0.5, 0.6) is 0 Å². The Morgan fingerprint density at radius 3 is 2.13 bits per heavy atom. The topological polar surface area (TPSA) is 94.5 Å².